The van der Waals surface area contributed by atoms with Crippen molar-refractivity contribution in [3.63, 3.8) is 0 Å². The van der Waals surface area contributed by atoms with Crippen molar-refractivity contribution in [2.45, 2.75) is 11.8 Å². The van der Waals surface area contributed by atoms with E-state index in [0.717, 1.165) is 12.1 Å². The Bertz CT molecular complexity index is 992. The maximum absolute atomic E-state index is 13.7. The molecule has 0 fully saturated rings. The van der Waals surface area contributed by atoms with Gasteiger partial charge in [-0.2, -0.15) is 5.10 Å². The Morgan fingerprint density at radius 3 is 2.54 bits per heavy atom. The van der Waals surface area contributed by atoms with Gasteiger partial charge in [-0.05, 0) is 37.3 Å². The third-order valence-electron chi connectivity index (χ3n) is 3.41. The first-order valence-electron chi connectivity index (χ1n) is 7.09. The molecule has 0 aromatic heterocycles. The molecule has 0 spiro atoms. The van der Waals surface area contributed by atoms with Crippen LogP contribution in [0.15, 0.2) is 46.4 Å². The molecule has 0 heterocycles. The minimum absolute atomic E-state index is 0.0456. The summed E-state index contributed by atoms with van der Waals surface area (Å²) in [5, 5.41) is 20.1. The maximum atomic E-state index is 13.7. The molecule has 26 heavy (non-hydrogen) atoms. The van der Waals surface area contributed by atoms with E-state index >= 15 is 0 Å². The largest absolute Gasteiger partial charge is 0.494 e. The van der Waals surface area contributed by atoms with Crippen LogP contribution in [0.3, 0.4) is 0 Å². The summed E-state index contributed by atoms with van der Waals surface area (Å²) >= 11 is 0. The van der Waals surface area contributed by atoms with Gasteiger partial charge in [0.1, 0.15) is 5.69 Å². The van der Waals surface area contributed by atoms with Crippen molar-refractivity contribution in [2.24, 2.45) is 10.2 Å². The van der Waals surface area contributed by atoms with E-state index in [1.807, 2.05) is 0 Å². The first-order valence-corrected chi connectivity index (χ1v) is 8.63. The van der Waals surface area contributed by atoms with Crippen molar-refractivity contribution in [2.75, 3.05) is 12.5 Å². The quantitative estimate of drug-likeness (QED) is 0.446. The predicted octanol–water partition coefficient (Wildman–Crippen LogP) is 2.23. The van der Waals surface area contributed by atoms with Crippen LogP contribution in [-0.2, 0) is 10.0 Å². The average molecular weight is 382 g/mol. The topological polar surface area (TPSA) is 137 Å². The third kappa shape index (κ3) is 4.32. The number of primary sulfonamides is 1. The number of nitrogens with zero attached hydrogens (tertiary/aromatic N) is 2. The molecule has 0 saturated heterocycles. The van der Waals surface area contributed by atoms with Crippen molar-refractivity contribution in [1.29, 1.82) is 0 Å². The Kier molecular flexibility index (Phi) is 5.53. The summed E-state index contributed by atoms with van der Waals surface area (Å²) in [6, 6.07) is 7.31. The van der Waals surface area contributed by atoms with Crippen LogP contribution in [0.1, 0.15) is 12.5 Å². The molecular formula is C15H15FN4O5S. The van der Waals surface area contributed by atoms with Gasteiger partial charge in [0.2, 0.25) is 10.0 Å². The molecule has 0 saturated carbocycles. The van der Waals surface area contributed by atoms with Crippen LogP contribution < -0.4 is 15.3 Å². The molecule has 0 bridgehead atoms. The molecule has 0 aliphatic carbocycles. The molecule has 2 rings (SSSR count). The van der Waals surface area contributed by atoms with Gasteiger partial charge in [0.25, 0.3) is 5.69 Å². The zero-order valence-corrected chi connectivity index (χ0v) is 14.6. The van der Waals surface area contributed by atoms with Crippen LogP contribution in [0.2, 0.25) is 0 Å². The summed E-state index contributed by atoms with van der Waals surface area (Å²) in [5.41, 5.74) is 2.69. The molecular weight excluding hydrogens is 367 g/mol. The number of nitrogens with one attached hydrogen (secondary N) is 1. The van der Waals surface area contributed by atoms with Crippen molar-refractivity contribution in [1.82, 2.24) is 0 Å². The van der Waals surface area contributed by atoms with Crippen molar-refractivity contribution in [3.05, 3.63) is 57.9 Å². The molecule has 0 atom stereocenters. The fourth-order valence-corrected chi connectivity index (χ4v) is 2.57. The Hall–Kier alpha value is -3.05. The summed E-state index contributed by atoms with van der Waals surface area (Å²) in [6.45, 7) is 1.57. The van der Waals surface area contributed by atoms with E-state index in [1.54, 1.807) is 13.0 Å². The normalized spacial score (nSPS) is 11.9. The Morgan fingerprint density at radius 1 is 1.31 bits per heavy atom. The smallest absolute Gasteiger partial charge is 0.295 e. The van der Waals surface area contributed by atoms with Gasteiger partial charge in [-0.25, -0.2) is 17.9 Å². The number of nitro groups is 1. The van der Waals surface area contributed by atoms with E-state index < -0.39 is 31.3 Å². The first-order chi connectivity index (χ1) is 12.1. The maximum Gasteiger partial charge on any atom is 0.295 e. The van der Waals surface area contributed by atoms with Crippen molar-refractivity contribution in [3.8, 4) is 5.75 Å². The summed E-state index contributed by atoms with van der Waals surface area (Å²) < 4.78 is 41.2. The van der Waals surface area contributed by atoms with Crippen molar-refractivity contribution >= 4 is 27.1 Å². The summed E-state index contributed by atoms with van der Waals surface area (Å²) in [6.07, 6.45) is 0. The number of ether oxygens (including phenoxy) is 1. The number of nitrogens with two attached hydrogens (primary N) is 1. The first kappa shape index (κ1) is 19.3. The zero-order valence-electron chi connectivity index (χ0n) is 13.8. The number of halogens is 1. The van der Waals surface area contributed by atoms with Crippen molar-refractivity contribution < 1.29 is 22.5 Å². The second-order valence-electron chi connectivity index (χ2n) is 5.14. The Labute approximate surface area is 148 Å². The molecule has 0 unspecified atom stereocenters. The van der Waals surface area contributed by atoms with E-state index in [4.69, 9.17) is 9.88 Å². The van der Waals surface area contributed by atoms with E-state index in [-0.39, 0.29) is 11.4 Å². The third-order valence-corrected chi connectivity index (χ3v) is 4.32. The molecule has 0 radical (unpaired) electrons. The summed E-state index contributed by atoms with van der Waals surface area (Å²) in [4.78, 5) is 9.98. The second-order valence-corrected chi connectivity index (χ2v) is 6.70. The number of benzene rings is 2. The standard InChI is InChI=1S/C15H15FN4O5S/c1-9(10-3-6-15(25-2)12(16)7-10)18-19-13-5-4-11(26(17,23)24)8-14(13)20(21)22/h3-8,19H,1-2H3,(H2,17,23,24)/b18-9-. The molecule has 0 amide bonds. The molecule has 3 N–H and O–H groups in total. The number of sulfonamides is 1. The number of methoxy groups -OCH3 is 1. The number of anilines is 1. The van der Waals surface area contributed by atoms with Gasteiger partial charge in [0.15, 0.2) is 11.6 Å². The molecule has 9 nitrogen and oxygen atoms in total. The summed E-state index contributed by atoms with van der Waals surface area (Å²) in [5.74, 6) is -0.508. The Balaban J connectivity index is 2.34. The lowest BCUT2D eigenvalue weighted by Gasteiger charge is -2.07. The van der Waals surface area contributed by atoms with Gasteiger partial charge in [-0.15, -0.1) is 0 Å². The monoisotopic (exact) mass is 382 g/mol. The van der Waals surface area contributed by atoms with E-state index in [1.165, 1.54) is 25.3 Å². The minimum atomic E-state index is -4.08. The highest BCUT2D eigenvalue weighted by Crippen LogP contribution is 2.27. The van der Waals surface area contributed by atoms with Gasteiger partial charge in [0.05, 0.1) is 22.6 Å². The van der Waals surface area contributed by atoms with Gasteiger partial charge < -0.3 is 4.74 Å². The number of hydrazone groups is 1. The van der Waals surface area contributed by atoms with Gasteiger partial charge >= 0.3 is 0 Å². The summed E-state index contributed by atoms with van der Waals surface area (Å²) in [7, 11) is -2.74. The average Bonchev–Trinajstić information content (AvgIpc) is 2.58. The van der Waals surface area contributed by atoms with Crippen LogP contribution in [0.4, 0.5) is 15.8 Å². The zero-order chi connectivity index (χ0) is 19.5. The lowest BCUT2D eigenvalue weighted by Crippen LogP contribution is -2.12. The Morgan fingerprint density at radius 2 is 2.00 bits per heavy atom. The van der Waals surface area contributed by atoms with E-state index in [2.05, 4.69) is 10.5 Å². The van der Waals surface area contributed by atoms with Crippen LogP contribution in [0.25, 0.3) is 0 Å². The molecule has 2 aromatic rings. The highest BCUT2D eigenvalue weighted by atomic mass is 32.2. The number of rotatable bonds is 6. The van der Waals surface area contributed by atoms with Crippen LogP contribution in [0, 0.1) is 15.9 Å². The van der Waals surface area contributed by atoms with Gasteiger partial charge in [-0.1, -0.05) is 0 Å². The number of nitro benzene ring substituents is 1. The minimum Gasteiger partial charge on any atom is -0.494 e. The highest BCUT2D eigenvalue weighted by Gasteiger charge is 2.19. The number of hydrogen-bond acceptors (Lipinski definition) is 7. The predicted molar refractivity (Wildman–Crippen MR) is 93.3 cm³/mol. The lowest BCUT2D eigenvalue weighted by molar-refractivity contribution is -0.384. The van der Waals surface area contributed by atoms with E-state index in [9.17, 15) is 22.9 Å². The SMILES string of the molecule is COc1ccc(/C(C)=N\Nc2ccc(S(N)(=O)=O)cc2[N+](=O)[O-])cc1F. The van der Waals surface area contributed by atoms with Gasteiger partial charge in [-0.3, -0.25) is 15.5 Å². The lowest BCUT2D eigenvalue weighted by atomic mass is 10.1. The highest BCUT2D eigenvalue weighted by molar-refractivity contribution is 7.89. The fourth-order valence-electron chi connectivity index (χ4n) is 2.03. The molecule has 0 aliphatic heterocycles. The van der Waals surface area contributed by atoms with Crippen LogP contribution >= 0.6 is 0 Å². The molecule has 138 valence electrons. The molecule has 2 aromatic carbocycles. The second kappa shape index (κ2) is 7.45. The van der Waals surface area contributed by atoms with Crippen LogP contribution in [0.5, 0.6) is 5.75 Å². The number of hydrogen-bond donors (Lipinski definition) is 2. The fraction of sp³-hybridized carbons (Fsp3) is 0.133. The van der Waals surface area contributed by atoms with Crippen LogP contribution in [-0.4, -0.2) is 26.2 Å². The molecule has 0 aliphatic rings. The molecule has 11 heteroatoms. The van der Waals surface area contributed by atoms with E-state index in [0.29, 0.717) is 11.3 Å². The van der Waals surface area contributed by atoms with Gasteiger partial charge in [0, 0.05) is 11.6 Å².